The highest BCUT2D eigenvalue weighted by Crippen LogP contribution is 2.28. The smallest absolute Gasteiger partial charge is 0.0146 e. The maximum Gasteiger partial charge on any atom is -0.0146 e. The van der Waals surface area contributed by atoms with Gasteiger partial charge in [-0.3, -0.25) is 0 Å². The van der Waals surface area contributed by atoms with Crippen molar-refractivity contribution in [3.63, 3.8) is 0 Å². The molecule has 0 nitrogen and oxygen atoms in total. The summed E-state index contributed by atoms with van der Waals surface area (Å²) in [5.74, 6) is 0. The number of hydrogen-bond acceptors (Lipinski definition) is 0. The molecule has 0 unspecified atom stereocenters. The zero-order valence-electron chi connectivity index (χ0n) is 11.7. The van der Waals surface area contributed by atoms with E-state index in [0.717, 1.165) is 6.42 Å². The van der Waals surface area contributed by atoms with Crippen LogP contribution in [0.3, 0.4) is 0 Å². The van der Waals surface area contributed by atoms with Crippen LogP contribution in [0.25, 0.3) is 22.9 Å². The number of benzene rings is 2. The Morgan fingerprint density at radius 2 is 1.72 bits per heavy atom. The zero-order chi connectivity index (χ0) is 13.5. The van der Waals surface area contributed by atoms with Crippen molar-refractivity contribution in [3.8, 4) is 0 Å². The molecule has 0 aliphatic carbocycles. The molecule has 0 aromatic heterocycles. The molecule has 0 bridgehead atoms. The van der Waals surface area contributed by atoms with Crippen molar-refractivity contribution in [3.05, 3.63) is 60.2 Å². The second kappa shape index (κ2) is 6.80. The van der Waals surface area contributed by atoms with Crippen LogP contribution < -0.4 is 0 Å². The van der Waals surface area contributed by atoms with Crippen LogP contribution in [-0.4, -0.2) is 0 Å². The Morgan fingerprint density at radius 1 is 1.06 bits per heavy atom. The molecule has 0 spiro atoms. The zero-order valence-corrected chi connectivity index (χ0v) is 11.7. The quantitative estimate of drug-likeness (QED) is 0.642. The monoisotopic (exact) mass is 238 g/mol. The summed E-state index contributed by atoms with van der Waals surface area (Å²) in [5.41, 5.74) is 3.75. The summed E-state index contributed by atoms with van der Waals surface area (Å²) in [7, 11) is 0. The molecule has 0 atom stereocenters. The average Bonchev–Trinajstić information content (AvgIpc) is 2.46. The lowest BCUT2D eigenvalue weighted by Crippen LogP contribution is -1.92. The Kier molecular flexibility index (Phi) is 5.38. The molecular weight excluding hydrogens is 216 g/mol. The fraction of sp³-hybridized carbons (Fsp3) is 0.222. The van der Waals surface area contributed by atoms with Crippen LogP contribution in [0.5, 0.6) is 0 Å². The molecule has 0 heterocycles. The predicted octanol–water partition coefficient (Wildman–Crippen LogP) is 5.71. The maximum absolute atomic E-state index is 3.91. The third-order valence-electron chi connectivity index (χ3n) is 3.01. The molecule has 94 valence electrons. The molecule has 0 saturated heterocycles. The summed E-state index contributed by atoms with van der Waals surface area (Å²) in [6.07, 6.45) is 4.86. The molecule has 0 heteroatoms. The van der Waals surface area contributed by atoms with Gasteiger partial charge in [0.1, 0.15) is 0 Å². The minimum absolute atomic E-state index is 1.02. The molecule has 0 saturated carbocycles. The van der Waals surface area contributed by atoms with E-state index in [2.05, 4.69) is 50.4 Å². The lowest BCUT2D eigenvalue weighted by Gasteiger charge is -2.12. The normalized spacial score (nSPS) is 9.50. The fourth-order valence-corrected chi connectivity index (χ4v) is 2.25. The highest BCUT2D eigenvalue weighted by molar-refractivity contribution is 5.92. The molecule has 2 aromatic rings. The van der Waals surface area contributed by atoms with E-state index >= 15 is 0 Å². The van der Waals surface area contributed by atoms with Gasteiger partial charge < -0.3 is 0 Å². The molecule has 2 aromatic carbocycles. The largest absolute Gasteiger partial charge is 0.0984 e. The van der Waals surface area contributed by atoms with Crippen molar-refractivity contribution in [2.24, 2.45) is 0 Å². The first-order chi connectivity index (χ1) is 8.81. The second-order valence-electron chi connectivity index (χ2n) is 3.84. The molecule has 0 radical (unpaired) electrons. The van der Waals surface area contributed by atoms with Crippen LogP contribution in [0.15, 0.2) is 43.5 Å². The van der Waals surface area contributed by atoms with Crippen molar-refractivity contribution in [2.45, 2.75) is 27.2 Å². The molecule has 0 aliphatic rings. The van der Waals surface area contributed by atoms with Gasteiger partial charge in [-0.1, -0.05) is 70.3 Å². The lowest BCUT2D eigenvalue weighted by molar-refractivity contribution is 1.15. The minimum atomic E-state index is 1.02. The third kappa shape index (κ3) is 2.53. The van der Waals surface area contributed by atoms with Crippen molar-refractivity contribution < 1.29 is 0 Å². The van der Waals surface area contributed by atoms with Crippen LogP contribution in [0, 0.1) is 0 Å². The number of hydrogen-bond donors (Lipinski definition) is 0. The number of fused-ring (bicyclic) bond motifs is 1. The topological polar surface area (TPSA) is 0 Å². The summed E-state index contributed by atoms with van der Waals surface area (Å²) in [6, 6.07) is 10.7. The Hall–Kier alpha value is -1.82. The van der Waals surface area contributed by atoms with E-state index in [1.165, 1.54) is 27.5 Å². The first-order valence-electron chi connectivity index (χ1n) is 6.61. The van der Waals surface area contributed by atoms with Crippen molar-refractivity contribution >= 4 is 22.9 Å². The van der Waals surface area contributed by atoms with Crippen molar-refractivity contribution in [1.29, 1.82) is 0 Å². The van der Waals surface area contributed by atoms with Crippen LogP contribution in [0.2, 0.25) is 0 Å². The number of aryl methyl sites for hydroxylation is 1. The lowest BCUT2D eigenvalue weighted by atomic mass is 9.92. The first kappa shape index (κ1) is 14.2. The van der Waals surface area contributed by atoms with Crippen molar-refractivity contribution in [1.82, 2.24) is 0 Å². The predicted molar refractivity (Wildman–Crippen MR) is 84.9 cm³/mol. The Bertz CT molecular complexity index is 547. The minimum Gasteiger partial charge on any atom is -0.0984 e. The second-order valence-corrected chi connectivity index (χ2v) is 3.84. The summed E-state index contributed by atoms with van der Waals surface area (Å²) < 4.78 is 0. The van der Waals surface area contributed by atoms with E-state index in [1.807, 2.05) is 26.0 Å². The maximum atomic E-state index is 3.91. The van der Waals surface area contributed by atoms with Crippen molar-refractivity contribution in [2.75, 3.05) is 0 Å². The Morgan fingerprint density at radius 3 is 2.28 bits per heavy atom. The van der Waals surface area contributed by atoms with Gasteiger partial charge in [-0.15, -0.1) is 0 Å². The molecule has 0 amide bonds. The van der Waals surface area contributed by atoms with Gasteiger partial charge in [0.2, 0.25) is 0 Å². The Balaban J connectivity index is 0.000000771. The molecule has 0 aliphatic heterocycles. The first-order valence-corrected chi connectivity index (χ1v) is 6.61. The van der Waals surface area contributed by atoms with Gasteiger partial charge in [0, 0.05) is 0 Å². The van der Waals surface area contributed by atoms with Crippen LogP contribution in [0.4, 0.5) is 0 Å². The summed E-state index contributed by atoms with van der Waals surface area (Å²) >= 11 is 0. The van der Waals surface area contributed by atoms with E-state index < -0.39 is 0 Å². The van der Waals surface area contributed by atoms with E-state index in [4.69, 9.17) is 0 Å². The van der Waals surface area contributed by atoms with E-state index in [0.29, 0.717) is 0 Å². The highest BCUT2D eigenvalue weighted by atomic mass is 14.1. The van der Waals surface area contributed by atoms with E-state index in [-0.39, 0.29) is 0 Å². The van der Waals surface area contributed by atoms with Gasteiger partial charge in [0.15, 0.2) is 0 Å². The molecule has 0 N–H and O–H groups in total. The number of rotatable bonds is 3. The summed E-state index contributed by atoms with van der Waals surface area (Å²) in [4.78, 5) is 0. The van der Waals surface area contributed by atoms with Crippen LogP contribution in [-0.2, 0) is 6.42 Å². The Labute approximate surface area is 111 Å². The molecule has 0 fully saturated rings. The standard InChI is InChI=1S/C16H16.C2H6/c1-4-12-11-13-9-7-8-10-16(13)15(6-3)14(12)5-2;1-2/h4-5,7-11H,1-2,6H2,3H3;1-2H3. The van der Waals surface area contributed by atoms with Crippen LogP contribution >= 0.6 is 0 Å². The SMILES string of the molecule is C=Cc1cc2ccccc2c(CC)c1C=C.CC. The van der Waals surface area contributed by atoms with Gasteiger partial charge in [-0.25, -0.2) is 0 Å². The molecular formula is C18H22. The average molecular weight is 238 g/mol. The van der Waals surface area contributed by atoms with Gasteiger partial charge in [-0.05, 0) is 39.9 Å². The molecule has 2 rings (SSSR count). The van der Waals surface area contributed by atoms with Gasteiger partial charge in [0.25, 0.3) is 0 Å². The van der Waals surface area contributed by atoms with Gasteiger partial charge >= 0.3 is 0 Å². The van der Waals surface area contributed by atoms with Gasteiger partial charge in [-0.2, -0.15) is 0 Å². The van der Waals surface area contributed by atoms with E-state index in [1.54, 1.807) is 0 Å². The highest BCUT2D eigenvalue weighted by Gasteiger charge is 2.07. The fourth-order valence-electron chi connectivity index (χ4n) is 2.25. The van der Waals surface area contributed by atoms with Gasteiger partial charge in [0.05, 0.1) is 0 Å². The summed E-state index contributed by atoms with van der Waals surface area (Å²) in [5, 5.41) is 2.60. The van der Waals surface area contributed by atoms with E-state index in [9.17, 15) is 0 Å². The summed E-state index contributed by atoms with van der Waals surface area (Å²) in [6.45, 7) is 14.0. The van der Waals surface area contributed by atoms with Crippen LogP contribution in [0.1, 0.15) is 37.5 Å². The third-order valence-corrected chi connectivity index (χ3v) is 3.01. The molecule has 18 heavy (non-hydrogen) atoms.